The Balaban J connectivity index is 1.39. The van der Waals surface area contributed by atoms with Crippen molar-refractivity contribution in [2.45, 2.75) is 24.9 Å². The second kappa shape index (κ2) is 6.50. The molecule has 1 fully saturated rings. The standard InChI is InChI=1S/C26H25N3/c1-2-8-19(9-3-1)18-29-16-14-26(15-17-29)24-20-10-4-6-12-22(20)27-25(24)21-11-5-7-13-23(21)28-26/h1-13,27-28H,14-18H2. The smallest absolute Gasteiger partial charge is 0.0677 e. The minimum Gasteiger partial charge on any atom is -0.375 e. The quantitative estimate of drug-likeness (QED) is 0.464. The number of para-hydroxylation sites is 2. The third-order valence-electron chi connectivity index (χ3n) is 6.71. The van der Waals surface area contributed by atoms with Gasteiger partial charge in [-0.1, -0.05) is 66.7 Å². The first-order valence-electron chi connectivity index (χ1n) is 10.6. The predicted octanol–water partition coefficient (Wildman–Crippen LogP) is 5.75. The lowest BCUT2D eigenvalue weighted by molar-refractivity contribution is 0.167. The number of benzene rings is 3. The summed E-state index contributed by atoms with van der Waals surface area (Å²) in [6.45, 7) is 3.24. The molecule has 3 aromatic carbocycles. The number of hydrogen-bond acceptors (Lipinski definition) is 2. The summed E-state index contributed by atoms with van der Waals surface area (Å²) in [5.74, 6) is 0. The molecule has 3 nitrogen and oxygen atoms in total. The summed E-state index contributed by atoms with van der Waals surface area (Å²) in [4.78, 5) is 6.34. The molecule has 0 radical (unpaired) electrons. The van der Waals surface area contributed by atoms with Gasteiger partial charge >= 0.3 is 0 Å². The first kappa shape index (κ1) is 16.9. The molecule has 1 spiro atoms. The Morgan fingerprint density at radius 1 is 0.793 bits per heavy atom. The second-order valence-electron chi connectivity index (χ2n) is 8.44. The van der Waals surface area contributed by atoms with Gasteiger partial charge in [0, 0.05) is 47.4 Å². The Morgan fingerprint density at radius 3 is 2.38 bits per heavy atom. The van der Waals surface area contributed by atoms with Crippen molar-refractivity contribution in [3.63, 3.8) is 0 Å². The maximum Gasteiger partial charge on any atom is 0.0677 e. The number of hydrogen-bond donors (Lipinski definition) is 2. The van der Waals surface area contributed by atoms with E-state index in [9.17, 15) is 0 Å². The summed E-state index contributed by atoms with van der Waals surface area (Å²) in [7, 11) is 0. The lowest BCUT2D eigenvalue weighted by atomic mass is 9.75. The van der Waals surface area contributed by atoms with Gasteiger partial charge in [0.05, 0.1) is 11.2 Å². The van der Waals surface area contributed by atoms with Crippen LogP contribution in [-0.4, -0.2) is 23.0 Å². The Hall–Kier alpha value is -3.04. The van der Waals surface area contributed by atoms with Crippen LogP contribution in [0.25, 0.3) is 22.2 Å². The molecule has 0 unspecified atom stereocenters. The van der Waals surface area contributed by atoms with Crippen LogP contribution in [0.5, 0.6) is 0 Å². The third kappa shape index (κ3) is 2.69. The molecule has 0 bridgehead atoms. The molecule has 0 atom stereocenters. The van der Waals surface area contributed by atoms with Crippen molar-refractivity contribution in [3.05, 3.63) is 90.0 Å². The van der Waals surface area contributed by atoms with Crippen molar-refractivity contribution in [3.8, 4) is 11.3 Å². The van der Waals surface area contributed by atoms with Gasteiger partial charge < -0.3 is 10.3 Å². The molecule has 2 aliphatic rings. The molecular formula is C26H25N3. The average molecular weight is 380 g/mol. The van der Waals surface area contributed by atoms with Gasteiger partial charge in [-0.2, -0.15) is 0 Å². The molecule has 4 aromatic rings. The Morgan fingerprint density at radius 2 is 1.52 bits per heavy atom. The fraction of sp³-hybridized carbons (Fsp3) is 0.231. The van der Waals surface area contributed by atoms with Gasteiger partial charge in [-0.25, -0.2) is 0 Å². The molecule has 29 heavy (non-hydrogen) atoms. The van der Waals surface area contributed by atoms with E-state index in [0.29, 0.717) is 0 Å². The van der Waals surface area contributed by atoms with Crippen LogP contribution in [0.1, 0.15) is 24.0 Å². The Bertz CT molecular complexity index is 1170. The number of likely N-dealkylation sites (tertiary alicyclic amines) is 1. The van der Waals surface area contributed by atoms with E-state index in [4.69, 9.17) is 0 Å². The highest BCUT2D eigenvalue weighted by Crippen LogP contribution is 2.50. The van der Waals surface area contributed by atoms with E-state index in [1.165, 1.54) is 39.0 Å². The van der Waals surface area contributed by atoms with Crippen LogP contribution in [0.3, 0.4) is 0 Å². The Labute approximate surface area is 171 Å². The van der Waals surface area contributed by atoms with Gasteiger partial charge in [0.1, 0.15) is 0 Å². The number of nitrogens with one attached hydrogen (secondary N) is 2. The molecule has 0 saturated carbocycles. The summed E-state index contributed by atoms with van der Waals surface area (Å²) in [6.07, 6.45) is 2.23. The van der Waals surface area contributed by atoms with Crippen molar-refractivity contribution in [2.24, 2.45) is 0 Å². The normalized spacial score (nSPS) is 17.7. The lowest BCUT2D eigenvalue weighted by Crippen LogP contribution is -2.48. The molecule has 0 amide bonds. The fourth-order valence-electron chi connectivity index (χ4n) is 5.28. The van der Waals surface area contributed by atoms with E-state index in [0.717, 1.165) is 32.5 Å². The van der Waals surface area contributed by atoms with Crippen molar-refractivity contribution in [1.29, 1.82) is 0 Å². The van der Waals surface area contributed by atoms with Crippen LogP contribution in [0, 0.1) is 0 Å². The highest BCUT2D eigenvalue weighted by molar-refractivity contribution is 5.97. The number of rotatable bonds is 2. The molecule has 2 aliphatic heterocycles. The SMILES string of the molecule is c1ccc(CN2CCC3(CC2)Nc2ccccc2-c2[nH]c4ccccc4c23)cc1. The topological polar surface area (TPSA) is 31.1 Å². The highest BCUT2D eigenvalue weighted by Gasteiger charge is 2.43. The molecule has 2 N–H and O–H groups in total. The number of aromatic nitrogens is 1. The van der Waals surface area contributed by atoms with Crippen LogP contribution >= 0.6 is 0 Å². The molecule has 6 rings (SSSR count). The molecule has 3 heteroatoms. The Kier molecular flexibility index (Phi) is 3.78. The van der Waals surface area contributed by atoms with Gasteiger partial charge in [0.25, 0.3) is 0 Å². The van der Waals surface area contributed by atoms with Crippen molar-refractivity contribution in [2.75, 3.05) is 18.4 Å². The first-order chi connectivity index (χ1) is 14.3. The molecule has 3 heterocycles. The molecular weight excluding hydrogens is 354 g/mol. The lowest BCUT2D eigenvalue weighted by Gasteiger charge is -2.46. The average Bonchev–Trinajstić information content (AvgIpc) is 3.17. The van der Waals surface area contributed by atoms with Gasteiger partial charge in [-0.05, 0) is 30.5 Å². The van der Waals surface area contributed by atoms with Crippen LogP contribution in [0.4, 0.5) is 5.69 Å². The fourth-order valence-corrected chi connectivity index (χ4v) is 5.28. The number of aromatic amines is 1. The van der Waals surface area contributed by atoms with E-state index in [1.54, 1.807) is 0 Å². The van der Waals surface area contributed by atoms with Crippen molar-refractivity contribution >= 4 is 16.6 Å². The number of H-pyrrole nitrogens is 1. The second-order valence-corrected chi connectivity index (χ2v) is 8.44. The maximum atomic E-state index is 3.98. The van der Waals surface area contributed by atoms with Crippen LogP contribution in [0.2, 0.25) is 0 Å². The largest absolute Gasteiger partial charge is 0.375 e. The van der Waals surface area contributed by atoms with Crippen molar-refractivity contribution in [1.82, 2.24) is 9.88 Å². The highest BCUT2D eigenvalue weighted by atomic mass is 15.2. The number of nitrogens with zero attached hydrogens (tertiary/aromatic N) is 1. The summed E-state index contributed by atoms with van der Waals surface area (Å²) < 4.78 is 0. The maximum absolute atomic E-state index is 3.98. The molecule has 0 aliphatic carbocycles. The molecule has 1 aromatic heterocycles. The van der Waals surface area contributed by atoms with E-state index in [2.05, 4.69) is 94.1 Å². The zero-order chi connectivity index (χ0) is 19.3. The number of anilines is 1. The van der Waals surface area contributed by atoms with Gasteiger partial charge in [0.15, 0.2) is 0 Å². The monoisotopic (exact) mass is 379 g/mol. The van der Waals surface area contributed by atoms with E-state index < -0.39 is 0 Å². The predicted molar refractivity (Wildman–Crippen MR) is 120 cm³/mol. The van der Waals surface area contributed by atoms with E-state index in [1.807, 2.05) is 0 Å². The zero-order valence-electron chi connectivity index (χ0n) is 16.5. The summed E-state index contributed by atoms with van der Waals surface area (Å²) >= 11 is 0. The zero-order valence-corrected chi connectivity index (χ0v) is 16.5. The van der Waals surface area contributed by atoms with Gasteiger partial charge in [0.2, 0.25) is 0 Å². The number of fused-ring (bicyclic) bond motifs is 6. The number of piperidine rings is 1. The summed E-state index contributed by atoms with van der Waals surface area (Å²) in [5, 5.41) is 5.35. The third-order valence-corrected chi connectivity index (χ3v) is 6.71. The minimum absolute atomic E-state index is 0.00349. The van der Waals surface area contributed by atoms with E-state index >= 15 is 0 Å². The summed E-state index contributed by atoms with van der Waals surface area (Å²) in [5.41, 5.74) is 7.94. The van der Waals surface area contributed by atoms with E-state index in [-0.39, 0.29) is 5.54 Å². The molecule has 144 valence electrons. The molecule has 1 saturated heterocycles. The first-order valence-corrected chi connectivity index (χ1v) is 10.6. The minimum atomic E-state index is -0.00349. The van der Waals surface area contributed by atoms with Crippen LogP contribution < -0.4 is 5.32 Å². The van der Waals surface area contributed by atoms with Gasteiger partial charge in [-0.15, -0.1) is 0 Å². The summed E-state index contributed by atoms with van der Waals surface area (Å²) in [6, 6.07) is 28.3. The van der Waals surface area contributed by atoms with Crippen molar-refractivity contribution < 1.29 is 0 Å². The van der Waals surface area contributed by atoms with Crippen LogP contribution in [0.15, 0.2) is 78.9 Å². The van der Waals surface area contributed by atoms with Crippen LogP contribution in [-0.2, 0) is 12.1 Å². The van der Waals surface area contributed by atoms with Gasteiger partial charge in [-0.3, -0.25) is 4.90 Å².